The molecule has 0 spiro atoms. The molecule has 6 rings (SSSR count). The molecule has 1 atom stereocenters. The summed E-state index contributed by atoms with van der Waals surface area (Å²) in [5.74, 6) is 2.32. The molecular weight excluding hydrogens is 480 g/mol. The van der Waals surface area contributed by atoms with Gasteiger partial charge in [0.05, 0.1) is 18.1 Å². The molecule has 200 valence electrons. The number of fused-ring (bicyclic) bond motifs is 1. The van der Waals surface area contributed by atoms with E-state index < -0.39 is 0 Å². The number of rotatable bonds is 7. The zero-order valence-electron chi connectivity index (χ0n) is 22.0. The number of aromatic nitrogens is 6. The maximum Gasteiger partial charge on any atom is 0.229 e. The number of imidazole rings is 1. The summed E-state index contributed by atoms with van der Waals surface area (Å²) in [6.07, 6.45) is 6.18. The van der Waals surface area contributed by atoms with Gasteiger partial charge in [-0.05, 0) is 44.7 Å². The van der Waals surface area contributed by atoms with Crippen molar-refractivity contribution in [2.75, 3.05) is 41.3 Å². The molecule has 0 saturated carbocycles. The number of nitrogens with one attached hydrogen (secondary N) is 1. The number of hydrogen-bond acceptors (Lipinski definition) is 9. The minimum Gasteiger partial charge on any atom is -0.391 e. The van der Waals surface area contributed by atoms with Crippen LogP contribution in [0.4, 0.5) is 17.6 Å². The van der Waals surface area contributed by atoms with Gasteiger partial charge in [0.2, 0.25) is 5.95 Å². The zero-order valence-corrected chi connectivity index (χ0v) is 22.0. The highest BCUT2D eigenvalue weighted by molar-refractivity contribution is 5.84. The summed E-state index contributed by atoms with van der Waals surface area (Å²) in [5, 5.41) is 18.3. The highest BCUT2D eigenvalue weighted by Gasteiger charge is 2.24. The highest BCUT2D eigenvalue weighted by atomic mass is 16.3. The van der Waals surface area contributed by atoms with Crippen molar-refractivity contribution in [3.05, 3.63) is 48.4 Å². The third-order valence-corrected chi connectivity index (χ3v) is 7.54. The van der Waals surface area contributed by atoms with Crippen LogP contribution in [0.3, 0.4) is 0 Å². The van der Waals surface area contributed by atoms with Crippen LogP contribution in [0, 0.1) is 0 Å². The Balaban J connectivity index is 1.29. The van der Waals surface area contributed by atoms with Crippen molar-refractivity contribution in [2.45, 2.75) is 57.8 Å². The number of β-amino-alcohol motifs (C(OH)–C–C–N with tert-alkyl or cyclic N) is 1. The van der Waals surface area contributed by atoms with Crippen LogP contribution >= 0.6 is 0 Å². The van der Waals surface area contributed by atoms with Gasteiger partial charge in [-0.3, -0.25) is 0 Å². The van der Waals surface area contributed by atoms with Crippen molar-refractivity contribution in [3.63, 3.8) is 0 Å². The van der Waals surface area contributed by atoms with Gasteiger partial charge >= 0.3 is 0 Å². The molecule has 0 aliphatic carbocycles. The fraction of sp³-hybridized carbons (Fsp3) is 0.481. The number of hydrogen-bond donors (Lipinski definition) is 3. The molecule has 0 radical (unpaired) electrons. The Hall–Kier alpha value is -3.70. The van der Waals surface area contributed by atoms with Crippen molar-refractivity contribution in [3.8, 4) is 5.69 Å². The Labute approximate surface area is 222 Å². The van der Waals surface area contributed by atoms with E-state index in [1.165, 1.54) is 0 Å². The standard InChI is InChI=1S/C27H36N10O/c1-18(2)36-17-30-24-25(31-27(32-26(24)36)34-11-7-20(28)8-12-34)29-15-19-5-3-4-6-22(19)37-14-10-23(33-37)35-13-9-21(38)16-35/h3-6,10,14,17-18,20-21,38H,7-9,11-13,15-16,28H2,1-2H3,(H,29,31,32). The molecule has 0 bridgehead atoms. The van der Waals surface area contributed by atoms with Gasteiger partial charge in [-0.1, -0.05) is 18.2 Å². The second-order valence-corrected chi connectivity index (χ2v) is 10.6. The van der Waals surface area contributed by atoms with Crippen LogP contribution in [0.15, 0.2) is 42.9 Å². The van der Waals surface area contributed by atoms with Gasteiger partial charge in [-0.2, -0.15) is 15.1 Å². The number of aliphatic hydroxyl groups is 1. The van der Waals surface area contributed by atoms with E-state index in [2.05, 4.69) is 50.6 Å². The van der Waals surface area contributed by atoms with E-state index in [1.807, 2.05) is 35.4 Å². The SMILES string of the molecule is CC(C)n1cnc2c(NCc3ccccc3-n3ccc(N4CCC(O)C4)n3)nc(N3CCC(N)CC3)nc21. The van der Waals surface area contributed by atoms with E-state index >= 15 is 0 Å². The molecule has 0 amide bonds. The summed E-state index contributed by atoms with van der Waals surface area (Å²) < 4.78 is 4.00. The van der Waals surface area contributed by atoms with Crippen LogP contribution in [-0.4, -0.2) is 72.7 Å². The summed E-state index contributed by atoms with van der Waals surface area (Å²) in [6.45, 7) is 7.96. The zero-order chi connectivity index (χ0) is 26.2. The third-order valence-electron chi connectivity index (χ3n) is 7.54. The molecule has 11 heteroatoms. The van der Waals surface area contributed by atoms with Gasteiger partial charge < -0.3 is 30.5 Å². The van der Waals surface area contributed by atoms with E-state index in [-0.39, 0.29) is 18.2 Å². The Kier molecular flexibility index (Phi) is 6.62. The molecule has 2 aliphatic heterocycles. The number of benzene rings is 1. The lowest BCUT2D eigenvalue weighted by atomic mass is 10.1. The average molecular weight is 517 g/mol. The van der Waals surface area contributed by atoms with Crippen molar-refractivity contribution < 1.29 is 5.11 Å². The summed E-state index contributed by atoms with van der Waals surface area (Å²) >= 11 is 0. The average Bonchev–Trinajstić information content (AvgIpc) is 3.67. The van der Waals surface area contributed by atoms with Gasteiger partial charge in [0, 0.05) is 57.1 Å². The summed E-state index contributed by atoms with van der Waals surface area (Å²) in [7, 11) is 0. The first kappa shape index (κ1) is 24.6. The first-order valence-corrected chi connectivity index (χ1v) is 13.5. The fourth-order valence-electron chi connectivity index (χ4n) is 5.28. The fourth-order valence-corrected chi connectivity index (χ4v) is 5.28. The molecule has 11 nitrogen and oxygen atoms in total. The van der Waals surface area contributed by atoms with Crippen molar-refractivity contribution in [1.82, 2.24) is 29.3 Å². The molecular formula is C27H36N10O. The van der Waals surface area contributed by atoms with Crippen LogP contribution < -0.4 is 20.9 Å². The van der Waals surface area contributed by atoms with Gasteiger partial charge in [-0.15, -0.1) is 0 Å². The first-order chi connectivity index (χ1) is 18.5. The van der Waals surface area contributed by atoms with Crippen LogP contribution in [-0.2, 0) is 6.54 Å². The minimum atomic E-state index is -0.285. The van der Waals surface area contributed by atoms with Gasteiger partial charge in [-0.25, -0.2) is 9.67 Å². The number of para-hydroxylation sites is 1. The molecule has 38 heavy (non-hydrogen) atoms. The largest absolute Gasteiger partial charge is 0.391 e. The van der Waals surface area contributed by atoms with E-state index in [0.717, 1.165) is 72.9 Å². The quantitative estimate of drug-likeness (QED) is 0.340. The second-order valence-electron chi connectivity index (χ2n) is 10.6. The molecule has 5 heterocycles. The Morgan fingerprint density at radius 2 is 1.84 bits per heavy atom. The third kappa shape index (κ3) is 4.79. The van der Waals surface area contributed by atoms with E-state index in [4.69, 9.17) is 20.8 Å². The number of piperidine rings is 1. The van der Waals surface area contributed by atoms with Crippen molar-refractivity contribution in [2.24, 2.45) is 5.73 Å². The van der Waals surface area contributed by atoms with E-state index in [9.17, 15) is 5.11 Å². The Morgan fingerprint density at radius 1 is 1.05 bits per heavy atom. The maximum atomic E-state index is 9.92. The number of nitrogens with zero attached hydrogens (tertiary/aromatic N) is 8. The number of aliphatic hydroxyl groups excluding tert-OH is 1. The molecule has 4 N–H and O–H groups in total. The number of nitrogens with two attached hydrogens (primary N) is 1. The van der Waals surface area contributed by atoms with Crippen LogP contribution in [0.25, 0.3) is 16.9 Å². The summed E-state index contributed by atoms with van der Waals surface area (Å²) in [4.78, 5) is 18.9. The topological polar surface area (TPSA) is 126 Å². The predicted molar refractivity (Wildman–Crippen MR) is 149 cm³/mol. The lowest BCUT2D eigenvalue weighted by Crippen LogP contribution is -2.40. The maximum absolute atomic E-state index is 9.92. The lowest BCUT2D eigenvalue weighted by molar-refractivity contribution is 0.198. The molecule has 2 aliphatic rings. The van der Waals surface area contributed by atoms with Gasteiger partial charge in [0.25, 0.3) is 0 Å². The monoisotopic (exact) mass is 516 g/mol. The van der Waals surface area contributed by atoms with Crippen LogP contribution in [0.1, 0.15) is 44.7 Å². The summed E-state index contributed by atoms with van der Waals surface area (Å²) in [5.41, 5.74) is 9.83. The lowest BCUT2D eigenvalue weighted by Gasteiger charge is -2.30. The van der Waals surface area contributed by atoms with Crippen LogP contribution in [0.2, 0.25) is 0 Å². The Morgan fingerprint density at radius 3 is 2.61 bits per heavy atom. The van der Waals surface area contributed by atoms with Gasteiger partial charge in [0.1, 0.15) is 0 Å². The number of anilines is 3. The summed E-state index contributed by atoms with van der Waals surface area (Å²) in [6, 6.07) is 10.7. The molecule has 2 saturated heterocycles. The molecule has 1 unspecified atom stereocenters. The van der Waals surface area contributed by atoms with E-state index in [0.29, 0.717) is 19.0 Å². The molecule has 2 fully saturated rings. The van der Waals surface area contributed by atoms with E-state index in [1.54, 1.807) is 0 Å². The highest BCUT2D eigenvalue weighted by Crippen LogP contribution is 2.27. The second kappa shape index (κ2) is 10.2. The predicted octanol–water partition coefficient (Wildman–Crippen LogP) is 2.70. The normalized spacial score (nSPS) is 18.7. The van der Waals surface area contributed by atoms with Crippen LogP contribution in [0.5, 0.6) is 0 Å². The molecule has 1 aromatic carbocycles. The van der Waals surface area contributed by atoms with Crippen molar-refractivity contribution >= 4 is 28.7 Å². The van der Waals surface area contributed by atoms with Gasteiger partial charge in [0.15, 0.2) is 22.8 Å². The van der Waals surface area contributed by atoms with Crippen molar-refractivity contribution in [1.29, 1.82) is 0 Å². The molecule has 4 aromatic rings. The minimum absolute atomic E-state index is 0.233. The molecule has 3 aromatic heterocycles. The smallest absolute Gasteiger partial charge is 0.229 e. The Bertz CT molecular complexity index is 1400. The first-order valence-electron chi connectivity index (χ1n) is 13.5.